The minimum atomic E-state index is -0.433. The molecule has 27 heavy (non-hydrogen) atoms. The molecule has 0 atom stereocenters. The van der Waals surface area contributed by atoms with E-state index >= 15 is 0 Å². The molecule has 6 nitrogen and oxygen atoms in total. The van der Waals surface area contributed by atoms with E-state index in [2.05, 4.69) is 4.98 Å². The van der Waals surface area contributed by atoms with Crippen LogP contribution in [0.5, 0.6) is 17.2 Å². The van der Waals surface area contributed by atoms with Gasteiger partial charge in [0.25, 0.3) is 0 Å². The second-order valence-electron chi connectivity index (χ2n) is 5.67. The first-order chi connectivity index (χ1) is 13.0. The van der Waals surface area contributed by atoms with Crippen LogP contribution in [0, 0.1) is 11.3 Å². The Labute approximate surface area is 160 Å². The van der Waals surface area contributed by atoms with Crippen molar-refractivity contribution in [1.82, 2.24) is 4.98 Å². The number of H-pyrrole nitrogens is 1. The van der Waals surface area contributed by atoms with Crippen molar-refractivity contribution < 1.29 is 19.4 Å². The number of aromatic hydroxyl groups is 1. The van der Waals surface area contributed by atoms with E-state index in [1.165, 1.54) is 32.4 Å². The van der Waals surface area contributed by atoms with Crippen LogP contribution in [0.25, 0.3) is 17.0 Å². The number of ketones is 1. The Bertz CT molecular complexity index is 1080. The molecule has 0 aliphatic rings. The molecule has 7 heteroatoms. The molecule has 2 N–H and O–H groups in total. The van der Waals surface area contributed by atoms with Gasteiger partial charge in [0.2, 0.25) is 11.5 Å². The number of phenols is 1. The van der Waals surface area contributed by atoms with Crippen LogP contribution in [0.3, 0.4) is 0 Å². The number of hydrogen-bond donors (Lipinski definition) is 2. The van der Waals surface area contributed by atoms with Crippen molar-refractivity contribution in [2.75, 3.05) is 14.2 Å². The highest BCUT2D eigenvalue weighted by molar-refractivity contribution is 6.31. The van der Waals surface area contributed by atoms with Gasteiger partial charge in [0.1, 0.15) is 11.6 Å². The Morgan fingerprint density at radius 1 is 1.22 bits per heavy atom. The van der Waals surface area contributed by atoms with E-state index in [0.29, 0.717) is 27.1 Å². The fourth-order valence-corrected chi connectivity index (χ4v) is 2.92. The van der Waals surface area contributed by atoms with E-state index in [4.69, 9.17) is 21.1 Å². The third kappa shape index (κ3) is 3.46. The molecule has 3 rings (SSSR count). The van der Waals surface area contributed by atoms with E-state index in [1.807, 2.05) is 6.07 Å². The number of nitrogens with one attached hydrogen (secondary N) is 1. The first kappa shape index (κ1) is 18.4. The van der Waals surface area contributed by atoms with Crippen LogP contribution in [0.15, 0.2) is 42.1 Å². The van der Waals surface area contributed by atoms with E-state index < -0.39 is 5.78 Å². The van der Waals surface area contributed by atoms with Crippen molar-refractivity contribution in [3.05, 3.63) is 58.3 Å². The number of nitriles is 1. The zero-order chi connectivity index (χ0) is 19.6. The monoisotopic (exact) mass is 382 g/mol. The summed E-state index contributed by atoms with van der Waals surface area (Å²) < 4.78 is 10.2. The highest BCUT2D eigenvalue weighted by atomic mass is 35.5. The first-order valence-electron chi connectivity index (χ1n) is 7.86. The Kier molecular flexibility index (Phi) is 5.06. The molecular formula is C20H15ClN2O4. The molecular weight excluding hydrogens is 368 g/mol. The number of ether oxygens (including phenoxy) is 2. The van der Waals surface area contributed by atoms with Gasteiger partial charge in [-0.25, -0.2) is 0 Å². The lowest BCUT2D eigenvalue weighted by molar-refractivity contribution is 0.104. The Balaban J connectivity index is 2.06. The molecule has 0 bridgehead atoms. The second-order valence-corrected chi connectivity index (χ2v) is 6.10. The number of aromatic nitrogens is 1. The van der Waals surface area contributed by atoms with Crippen LogP contribution < -0.4 is 9.47 Å². The third-order valence-electron chi connectivity index (χ3n) is 4.07. The minimum absolute atomic E-state index is 0.0688. The van der Waals surface area contributed by atoms with Gasteiger partial charge in [-0.1, -0.05) is 17.7 Å². The van der Waals surface area contributed by atoms with E-state index in [-0.39, 0.29) is 22.8 Å². The minimum Gasteiger partial charge on any atom is -0.502 e. The molecule has 0 aliphatic carbocycles. The molecule has 0 spiro atoms. The van der Waals surface area contributed by atoms with Crippen molar-refractivity contribution in [1.29, 1.82) is 5.26 Å². The van der Waals surface area contributed by atoms with Gasteiger partial charge < -0.3 is 19.6 Å². The van der Waals surface area contributed by atoms with Crippen LogP contribution in [0.2, 0.25) is 5.02 Å². The third-order valence-corrected chi connectivity index (χ3v) is 4.30. The largest absolute Gasteiger partial charge is 0.502 e. The number of carbonyl (C=O) groups excluding carboxylic acids is 1. The van der Waals surface area contributed by atoms with Gasteiger partial charge in [0.15, 0.2) is 11.5 Å². The van der Waals surface area contributed by atoms with Crippen LogP contribution in [0.4, 0.5) is 0 Å². The SMILES string of the molecule is COc1cc(C=C(C#N)C(=O)c2c[nH]c3cc(Cl)ccc23)cc(OC)c1O. The molecule has 0 radical (unpaired) electrons. The molecule has 0 saturated carbocycles. The van der Waals surface area contributed by atoms with Gasteiger partial charge in [-0.2, -0.15) is 5.26 Å². The number of fused-ring (bicyclic) bond motifs is 1. The maximum Gasteiger partial charge on any atom is 0.205 e. The van der Waals surface area contributed by atoms with Crippen LogP contribution in [-0.4, -0.2) is 30.1 Å². The predicted molar refractivity (Wildman–Crippen MR) is 102 cm³/mol. The summed E-state index contributed by atoms with van der Waals surface area (Å²) in [4.78, 5) is 15.8. The number of allylic oxidation sites excluding steroid dienone is 1. The van der Waals surface area contributed by atoms with E-state index in [0.717, 1.165) is 0 Å². The van der Waals surface area contributed by atoms with Crippen molar-refractivity contribution >= 4 is 34.4 Å². The van der Waals surface area contributed by atoms with Crippen LogP contribution >= 0.6 is 11.6 Å². The van der Waals surface area contributed by atoms with Crippen molar-refractivity contribution in [2.24, 2.45) is 0 Å². The fourth-order valence-electron chi connectivity index (χ4n) is 2.74. The Morgan fingerprint density at radius 3 is 2.48 bits per heavy atom. The summed E-state index contributed by atoms with van der Waals surface area (Å²) in [6.07, 6.45) is 2.97. The van der Waals surface area contributed by atoms with E-state index in [1.54, 1.807) is 24.4 Å². The molecule has 0 aliphatic heterocycles. The Morgan fingerprint density at radius 2 is 1.89 bits per heavy atom. The number of halogens is 1. The van der Waals surface area contributed by atoms with Gasteiger partial charge in [-0.05, 0) is 35.9 Å². The second kappa shape index (κ2) is 7.44. The molecule has 0 fully saturated rings. The number of nitrogens with zero attached hydrogens (tertiary/aromatic N) is 1. The lowest BCUT2D eigenvalue weighted by Gasteiger charge is -2.09. The standard InChI is InChI=1S/C20H15ClN2O4/c1-26-17-6-11(7-18(27-2)20(17)25)5-12(9-22)19(24)15-10-23-16-8-13(21)3-4-14(15)16/h3-8,10,23,25H,1-2H3. The van der Waals surface area contributed by atoms with Gasteiger partial charge in [0, 0.05) is 27.7 Å². The van der Waals surface area contributed by atoms with Crippen molar-refractivity contribution in [2.45, 2.75) is 0 Å². The van der Waals surface area contributed by atoms with Gasteiger partial charge in [-0.3, -0.25) is 4.79 Å². The van der Waals surface area contributed by atoms with Crippen molar-refractivity contribution in [3.63, 3.8) is 0 Å². The topological polar surface area (TPSA) is 95.3 Å². The molecule has 1 aromatic heterocycles. The zero-order valence-corrected chi connectivity index (χ0v) is 15.3. The molecule has 0 saturated heterocycles. The molecule has 2 aromatic carbocycles. The number of methoxy groups -OCH3 is 2. The summed E-state index contributed by atoms with van der Waals surface area (Å²) in [6, 6.07) is 10.1. The number of hydrogen-bond acceptors (Lipinski definition) is 5. The predicted octanol–water partition coefficient (Wildman–Crippen LogP) is 4.33. The number of carbonyl (C=O) groups is 1. The summed E-state index contributed by atoms with van der Waals surface area (Å²) in [6.45, 7) is 0. The van der Waals surface area contributed by atoms with E-state index in [9.17, 15) is 15.2 Å². The smallest absolute Gasteiger partial charge is 0.205 e. The quantitative estimate of drug-likeness (QED) is 0.389. The number of rotatable bonds is 5. The maximum absolute atomic E-state index is 12.9. The van der Waals surface area contributed by atoms with Crippen molar-refractivity contribution in [3.8, 4) is 23.3 Å². The molecule has 1 heterocycles. The lowest BCUT2D eigenvalue weighted by atomic mass is 10.0. The fraction of sp³-hybridized carbons (Fsp3) is 0.100. The van der Waals surface area contributed by atoms with Crippen LogP contribution in [-0.2, 0) is 0 Å². The summed E-state index contributed by atoms with van der Waals surface area (Å²) in [5.41, 5.74) is 1.48. The number of aromatic amines is 1. The number of phenolic OH excluding ortho intramolecular Hbond substituents is 1. The highest BCUT2D eigenvalue weighted by Gasteiger charge is 2.18. The average molecular weight is 383 g/mol. The number of Topliss-reactive ketones (excluding diaryl/α,β-unsaturated/α-hetero) is 1. The summed E-state index contributed by atoms with van der Waals surface area (Å²) >= 11 is 5.96. The van der Waals surface area contributed by atoms with Gasteiger partial charge in [0.05, 0.1) is 14.2 Å². The van der Waals surface area contributed by atoms with Crippen LogP contribution in [0.1, 0.15) is 15.9 Å². The number of benzene rings is 2. The average Bonchev–Trinajstić information content (AvgIpc) is 3.09. The lowest BCUT2D eigenvalue weighted by Crippen LogP contribution is -2.01. The Hall–Kier alpha value is -3.43. The molecule has 0 unspecified atom stereocenters. The van der Waals surface area contributed by atoms with Gasteiger partial charge in [-0.15, -0.1) is 0 Å². The zero-order valence-electron chi connectivity index (χ0n) is 14.5. The molecule has 0 amide bonds. The summed E-state index contributed by atoms with van der Waals surface area (Å²) in [5.74, 6) is -0.244. The highest BCUT2D eigenvalue weighted by Crippen LogP contribution is 2.37. The normalized spacial score (nSPS) is 11.3. The maximum atomic E-state index is 12.9. The summed E-state index contributed by atoms with van der Waals surface area (Å²) in [7, 11) is 2.80. The first-order valence-corrected chi connectivity index (χ1v) is 8.24. The molecule has 136 valence electrons. The van der Waals surface area contributed by atoms with Gasteiger partial charge >= 0.3 is 0 Å². The summed E-state index contributed by atoms with van der Waals surface area (Å²) in [5, 5.41) is 20.7. The molecule has 3 aromatic rings.